The third kappa shape index (κ3) is 5.10. The first-order valence-electron chi connectivity index (χ1n) is 11.4. The highest BCUT2D eigenvalue weighted by Crippen LogP contribution is 2.45. The van der Waals surface area contributed by atoms with Crippen molar-refractivity contribution in [1.82, 2.24) is 4.98 Å². The van der Waals surface area contributed by atoms with Gasteiger partial charge in [0.25, 0.3) is 10.0 Å². The standard InChI is InChI=1S/C27H18ClF5N2O2S/c28-23-13-16(5-11-24(23)29)22-14-17(27(31,32)33)6-9-21(22)20-8-4-15-12-18(7-10-19(15)20)38(36,37)35-26-3-1-2-25(30)34-26/h1-3,5-7,9-14,20H,4,8H2,(H,34,35). The molecule has 1 atom stereocenters. The number of sulfonamides is 1. The molecule has 38 heavy (non-hydrogen) atoms. The molecule has 0 bridgehead atoms. The molecule has 196 valence electrons. The summed E-state index contributed by atoms with van der Waals surface area (Å²) in [5.41, 5.74) is 1.80. The monoisotopic (exact) mass is 564 g/mol. The van der Waals surface area contributed by atoms with Gasteiger partial charge in [0.2, 0.25) is 5.95 Å². The summed E-state index contributed by atoms with van der Waals surface area (Å²) < 4.78 is 95.8. The molecule has 1 N–H and O–H groups in total. The second-order valence-corrected chi connectivity index (χ2v) is 10.9. The summed E-state index contributed by atoms with van der Waals surface area (Å²) in [6, 6.07) is 15.4. The van der Waals surface area contributed by atoms with Crippen LogP contribution < -0.4 is 4.72 Å². The van der Waals surface area contributed by atoms with Crippen LogP contribution in [0.4, 0.5) is 27.8 Å². The number of benzene rings is 3. The SMILES string of the molecule is O=S(=O)(Nc1cccc(F)n1)c1ccc2c(c1)CCC2c1ccc(C(F)(F)F)cc1-c1ccc(F)c(Cl)c1. The number of anilines is 1. The highest BCUT2D eigenvalue weighted by atomic mass is 35.5. The van der Waals surface area contributed by atoms with E-state index >= 15 is 0 Å². The number of hydrogen-bond donors (Lipinski definition) is 1. The third-order valence-corrected chi connectivity index (χ3v) is 8.09. The van der Waals surface area contributed by atoms with Gasteiger partial charge in [0, 0.05) is 5.92 Å². The van der Waals surface area contributed by atoms with Crippen molar-refractivity contribution in [3.05, 3.63) is 112 Å². The van der Waals surface area contributed by atoms with Crippen molar-refractivity contribution in [2.75, 3.05) is 4.72 Å². The minimum Gasteiger partial charge on any atom is -0.263 e. The molecule has 11 heteroatoms. The fraction of sp³-hybridized carbons (Fsp3) is 0.148. The van der Waals surface area contributed by atoms with Gasteiger partial charge in [-0.15, -0.1) is 0 Å². The summed E-state index contributed by atoms with van der Waals surface area (Å²) in [4.78, 5) is 3.46. The van der Waals surface area contributed by atoms with Crippen LogP contribution in [0.2, 0.25) is 5.02 Å². The zero-order valence-electron chi connectivity index (χ0n) is 19.4. The Morgan fingerprint density at radius 3 is 2.39 bits per heavy atom. The van der Waals surface area contributed by atoms with E-state index in [0.717, 1.165) is 29.8 Å². The van der Waals surface area contributed by atoms with Crippen molar-refractivity contribution in [2.45, 2.75) is 29.8 Å². The Balaban J connectivity index is 1.54. The van der Waals surface area contributed by atoms with Crippen LogP contribution in [-0.2, 0) is 22.6 Å². The highest BCUT2D eigenvalue weighted by molar-refractivity contribution is 7.92. The van der Waals surface area contributed by atoms with Crippen molar-refractivity contribution < 1.29 is 30.4 Å². The molecule has 0 fully saturated rings. The Morgan fingerprint density at radius 2 is 1.68 bits per heavy atom. The molecule has 1 aliphatic carbocycles. The molecule has 1 aliphatic rings. The molecule has 5 rings (SSSR count). The number of alkyl halides is 3. The van der Waals surface area contributed by atoms with Crippen LogP contribution in [0.1, 0.15) is 34.6 Å². The lowest BCUT2D eigenvalue weighted by molar-refractivity contribution is -0.137. The quantitative estimate of drug-likeness (QED) is 0.201. The third-order valence-electron chi connectivity index (χ3n) is 6.44. The maximum absolute atomic E-state index is 13.8. The first-order valence-corrected chi connectivity index (χ1v) is 13.2. The summed E-state index contributed by atoms with van der Waals surface area (Å²) in [6.45, 7) is 0. The average molecular weight is 565 g/mol. The van der Waals surface area contributed by atoms with E-state index in [-0.39, 0.29) is 27.2 Å². The predicted octanol–water partition coefficient (Wildman–Crippen LogP) is 7.58. The number of fused-ring (bicyclic) bond motifs is 1. The minimum atomic E-state index is -4.59. The van der Waals surface area contributed by atoms with Gasteiger partial charge in [0.1, 0.15) is 11.6 Å². The summed E-state index contributed by atoms with van der Waals surface area (Å²) >= 11 is 5.93. The average Bonchev–Trinajstić information content (AvgIpc) is 3.28. The van der Waals surface area contributed by atoms with Gasteiger partial charge >= 0.3 is 6.18 Å². The Kier molecular flexibility index (Phi) is 6.65. The molecule has 0 saturated heterocycles. The molecule has 1 heterocycles. The Morgan fingerprint density at radius 1 is 0.921 bits per heavy atom. The van der Waals surface area contributed by atoms with Gasteiger partial charge in [0.05, 0.1) is 15.5 Å². The number of pyridine rings is 1. The molecule has 3 aromatic carbocycles. The number of rotatable bonds is 5. The lowest BCUT2D eigenvalue weighted by Gasteiger charge is -2.20. The fourth-order valence-corrected chi connectivity index (χ4v) is 5.93. The van der Waals surface area contributed by atoms with E-state index in [1.54, 1.807) is 6.07 Å². The predicted molar refractivity (Wildman–Crippen MR) is 133 cm³/mol. The van der Waals surface area contributed by atoms with E-state index in [1.807, 2.05) is 0 Å². The summed E-state index contributed by atoms with van der Waals surface area (Å²) in [5.74, 6) is -2.03. The first-order chi connectivity index (χ1) is 17.9. The molecule has 0 radical (unpaired) electrons. The first kappa shape index (κ1) is 26.1. The van der Waals surface area contributed by atoms with Crippen LogP contribution in [0.3, 0.4) is 0 Å². The van der Waals surface area contributed by atoms with Gasteiger partial charge in [0.15, 0.2) is 0 Å². The highest BCUT2D eigenvalue weighted by Gasteiger charge is 2.33. The van der Waals surface area contributed by atoms with Gasteiger partial charge in [-0.3, -0.25) is 4.72 Å². The lowest BCUT2D eigenvalue weighted by Crippen LogP contribution is -2.14. The van der Waals surface area contributed by atoms with E-state index in [1.165, 1.54) is 42.5 Å². The van der Waals surface area contributed by atoms with Crippen molar-refractivity contribution in [3.63, 3.8) is 0 Å². The number of nitrogens with one attached hydrogen (secondary N) is 1. The normalized spacial score (nSPS) is 15.4. The topological polar surface area (TPSA) is 59.1 Å². The number of halogens is 6. The van der Waals surface area contributed by atoms with Crippen LogP contribution in [0.25, 0.3) is 11.1 Å². The van der Waals surface area contributed by atoms with Crippen molar-refractivity contribution in [1.29, 1.82) is 0 Å². The number of aromatic nitrogens is 1. The summed E-state index contributed by atoms with van der Waals surface area (Å²) in [7, 11) is -4.07. The van der Waals surface area contributed by atoms with Crippen LogP contribution in [0.15, 0.2) is 77.7 Å². The van der Waals surface area contributed by atoms with Gasteiger partial charge < -0.3 is 0 Å². The molecule has 1 aromatic heterocycles. The van der Waals surface area contributed by atoms with E-state index in [9.17, 15) is 30.4 Å². The van der Waals surface area contributed by atoms with Crippen molar-refractivity contribution in [2.24, 2.45) is 0 Å². The van der Waals surface area contributed by atoms with Crippen molar-refractivity contribution in [3.8, 4) is 11.1 Å². The van der Waals surface area contributed by atoms with Gasteiger partial charge in [-0.05, 0) is 89.2 Å². The zero-order chi connectivity index (χ0) is 27.2. The van der Waals surface area contributed by atoms with Crippen LogP contribution in [-0.4, -0.2) is 13.4 Å². The van der Waals surface area contributed by atoms with Crippen LogP contribution >= 0.6 is 11.6 Å². The molecule has 4 nitrogen and oxygen atoms in total. The van der Waals surface area contributed by atoms with E-state index in [0.29, 0.717) is 29.5 Å². The molecular formula is C27H18ClF5N2O2S. The fourth-order valence-electron chi connectivity index (χ4n) is 4.70. The maximum atomic E-state index is 13.8. The number of nitrogens with zero attached hydrogens (tertiary/aromatic N) is 1. The zero-order valence-corrected chi connectivity index (χ0v) is 20.9. The molecule has 4 aromatic rings. The summed E-state index contributed by atoms with van der Waals surface area (Å²) in [5, 5.41) is -0.215. The largest absolute Gasteiger partial charge is 0.416 e. The van der Waals surface area contributed by atoms with E-state index in [2.05, 4.69) is 9.71 Å². The van der Waals surface area contributed by atoms with E-state index in [4.69, 9.17) is 11.6 Å². The summed E-state index contributed by atoms with van der Waals surface area (Å²) in [6.07, 6.45) is -3.59. The molecule has 0 spiro atoms. The molecule has 0 amide bonds. The van der Waals surface area contributed by atoms with Gasteiger partial charge in [-0.2, -0.15) is 17.6 Å². The Hall–Kier alpha value is -3.50. The second-order valence-electron chi connectivity index (χ2n) is 8.83. The number of aryl methyl sites for hydroxylation is 1. The van der Waals surface area contributed by atoms with Crippen LogP contribution in [0.5, 0.6) is 0 Å². The Bertz CT molecular complexity index is 1660. The maximum Gasteiger partial charge on any atom is 0.416 e. The van der Waals surface area contributed by atoms with Gasteiger partial charge in [-0.25, -0.2) is 17.8 Å². The van der Waals surface area contributed by atoms with Gasteiger partial charge in [-0.1, -0.05) is 35.9 Å². The smallest absolute Gasteiger partial charge is 0.263 e. The second kappa shape index (κ2) is 9.67. The van der Waals surface area contributed by atoms with Crippen LogP contribution in [0, 0.1) is 11.8 Å². The molecule has 0 saturated carbocycles. The van der Waals surface area contributed by atoms with E-state index < -0.39 is 33.5 Å². The molecular weight excluding hydrogens is 547 g/mol. The number of hydrogen-bond acceptors (Lipinski definition) is 3. The molecule has 0 aliphatic heterocycles. The lowest BCUT2D eigenvalue weighted by atomic mass is 9.86. The molecule has 1 unspecified atom stereocenters. The minimum absolute atomic E-state index is 0.0547. The van der Waals surface area contributed by atoms with Crippen molar-refractivity contribution >= 4 is 27.4 Å². The Labute approximate surface area is 220 Å².